The molecular weight excluding hydrogens is 524 g/mol. The quantitative estimate of drug-likeness (QED) is 0.153. The van der Waals surface area contributed by atoms with Crippen molar-refractivity contribution in [1.29, 1.82) is 0 Å². The molecule has 39 heavy (non-hydrogen) atoms. The van der Waals surface area contributed by atoms with Crippen LogP contribution in [-0.2, 0) is 32.0 Å². The normalized spacial score (nSPS) is 14.9. The maximum atomic E-state index is 13.3. The Hall–Kier alpha value is -3.58. The van der Waals surface area contributed by atoms with Crippen molar-refractivity contribution in [3.05, 3.63) is 48.0 Å². The molecule has 1 heterocycles. The van der Waals surface area contributed by atoms with Crippen LogP contribution in [0, 0.1) is 5.92 Å². The van der Waals surface area contributed by atoms with Gasteiger partial charge in [-0.1, -0.05) is 32.4 Å². The molecule has 8 N–H and O–H groups in total. The smallest absolute Gasteiger partial charge is 0.326 e. The predicted octanol–water partition coefficient (Wildman–Crippen LogP) is 0.566. The maximum absolute atomic E-state index is 13.3. The molecule has 0 saturated carbocycles. The molecule has 0 saturated heterocycles. The molecule has 1 aromatic heterocycles. The van der Waals surface area contributed by atoms with Crippen LogP contribution in [0.3, 0.4) is 0 Å². The summed E-state index contributed by atoms with van der Waals surface area (Å²) in [5.74, 6) is -2.58. The van der Waals surface area contributed by atoms with Gasteiger partial charge in [-0.25, -0.2) is 9.78 Å². The van der Waals surface area contributed by atoms with E-state index in [9.17, 15) is 29.4 Å². The number of hydrogen-bond acceptors (Lipinski definition) is 8. The molecule has 2 aromatic rings. The first-order valence-corrected chi connectivity index (χ1v) is 14.1. The van der Waals surface area contributed by atoms with Crippen molar-refractivity contribution in [2.45, 2.75) is 63.7 Å². The zero-order valence-electron chi connectivity index (χ0n) is 22.3. The van der Waals surface area contributed by atoms with E-state index in [1.165, 1.54) is 36.4 Å². The van der Waals surface area contributed by atoms with Gasteiger partial charge in [-0.15, -0.1) is 0 Å². The number of aromatic hydroxyl groups is 1. The van der Waals surface area contributed by atoms with E-state index in [4.69, 9.17) is 5.73 Å². The fourth-order valence-corrected chi connectivity index (χ4v) is 4.27. The summed E-state index contributed by atoms with van der Waals surface area (Å²) in [5.41, 5.74) is 7.38. The van der Waals surface area contributed by atoms with Gasteiger partial charge in [0.2, 0.25) is 17.7 Å². The van der Waals surface area contributed by atoms with E-state index >= 15 is 0 Å². The summed E-state index contributed by atoms with van der Waals surface area (Å²) in [6, 6.07) is 2.18. The number of aromatic nitrogens is 2. The minimum absolute atomic E-state index is 0.00522. The predicted molar refractivity (Wildman–Crippen MR) is 148 cm³/mol. The Morgan fingerprint density at radius 1 is 1.03 bits per heavy atom. The van der Waals surface area contributed by atoms with Crippen molar-refractivity contribution in [3.63, 3.8) is 0 Å². The summed E-state index contributed by atoms with van der Waals surface area (Å²) in [7, 11) is 0. The number of hydrogen-bond donors (Lipinski definition) is 7. The molecule has 2 rings (SSSR count). The molecule has 13 heteroatoms. The Morgan fingerprint density at radius 3 is 2.26 bits per heavy atom. The number of imidazole rings is 1. The lowest BCUT2D eigenvalue weighted by Gasteiger charge is -2.28. The zero-order chi connectivity index (χ0) is 28.9. The Bertz CT molecular complexity index is 1080. The molecule has 0 aliphatic carbocycles. The number of carbonyl (C=O) groups excluding carboxylic acids is 3. The van der Waals surface area contributed by atoms with Gasteiger partial charge in [0.25, 0.3) is 0 Å². The fraction of sp³-hybridized carbons (Fsp3) is 0.500. The monoisotopic (exact) mass is 562 g/mol. The molecule has 214 valence electrons. The third-order valence-electron chi connectivity index (χ3n) is 6.36. The van der Waals surface area contributed by atoms with Crippen LogP contribution in [0.15, 0.2) is 36.8 Å². The van der Waals surface area contributed by atoms with Crippen LogP contribution in [0.25, 0.3) is 0 Å². The van der Waals surface area contributed by atoms with Gasteiger partial charge < -0.3 is 36.9 Å². The van der Waals surface area contributed by atoms with Crippen molar-refractivity contribution >= 4 is 35.5 Å². The molecule has 5 atom stereocenters. The van der Waals surface area contributed by atoms with Crippen LogP contribution in [0.4, 0.5) is 0 Å². The number of thioether (sulfide) groups is 1. The Morgan fingerprint density at radius 2 is 1.69 bits per heavy atom. The lowest BCUT2D eigenvalue weighted by Crippen LogP contribution is -2.59. The number of phenols is 1. The second-order valence-corrected chi connectivity index (χ2v) is 10.4. The van der Waals surface area contributed by atoms with Gasteiger partial charge in [-0.2, -0.15) is 11.8 Å². The first-order chi connectivity index (χ1) is 18.5. The average Bonchev–Trinajstić information content (AvgIpc) is 3.42. The summed E-state index contributed by atoms with van der Waals surface area (Å²) in [6.45, 7) is 3.68. The minimum Gasteiger partial charge on any atom is -0.508 e. The van der Waals surface area contributed by atoms with Gasteiger partial charge in [0.15, 0.2) is 0 Å². The number of carboxylic acids is 1. The molecule has 0 bridgehead atoms. The van der Waals surface area contributed by atoms with Crippen LogP contribution in [0.2, 0.25) is 0 Å². The lowest BCUT2D eigenvalue weighted by atomic mass is 9.96. The van der Waals surface area contributed by atoms with Crippen molar-refractivity contribution in [2.24, 2.45) is 11.7 Å². The number of aliphatic carboxylic acids is 1. The molecule has 0 radical (unpaired) electrons. The van der Waals surface area contributed by atoms with E-state index in [0.29, 0.717) is 17.9 Å². The molecule has 1 aromatic carbocycles. The number of nitrogens with two attached hydrogens (primary N) is 1. The number of nitrogens with one attached hydrogen (secondary N) is 4. The van der Waals surface area contributed by atoms with E-state index in [0.717, 1.165) is 5.56 Å². The SMILES string of the molecule is CCC(C)C(NC(=O)C(N)Cc1ccc(O)cc1)C(=O)NC(CCSC)C(=O)NC(Cc1cnc[nH]1)C(=O)O. The van der Waals surface area contributed by atoms with E-state index in [2.05, 4.69) is 25.9 Å². The number of aromatic amines is 1. The van der Waals surface area contributed by atoms with Crippen molar-refractivity contribution < 1.29 is 29.4 Å². The largest absolute Gasteiger partial charge is 0.508 e. The molecule has 5 unspecified atom stereocenters. The summed E-state index contributed by atoms with van der Waals surface area (Å²) in [4.78, 5) is 57.8. The van der Waals surface area contributed by atoms with E-state index in [-0.39, 0.29) is 30.9 Å². The highest BCUT2D eigenvalue weighted by Gasteiger charge is 2.32. The first kappa shape index (κ1) is 31.6. The summed E-state index contributed by atoms with van der Waals surface area (Å²) >= 11 is 1.48. The molecule has 3 amide bonds. The highest BCUT2D eigenvalue weighted by molar-refractivity contribution is 7.98. The molecule has 0 aliphatic rings. The molecular formula is C26H38N6O6S. The average molecular weight is 563 g/mol. The van der Waals surface area contributed by atoms with Crippen molar-refractivity contribution in [1.82, 2.24) is 25.9 Å². The van der Waals surface area contributed by atoms with Crippen LogP contribution in [-0.4, -0.2) is 80.0 Å². The van der Waals surface area contributed by atoms with Crippen LogP contribution >= 0.6 is 11.8 Å². The highest BCUT2D eigenvalue weighted by Crippen LogP contribution is 2.13. The number of carboxylic acid groups (broad SMARTS) is 1. The molecule has 12 nitrogen and oxygen atoms in total. The standard InChI is InChI=1S/C26H38N6O6S/c1-4-15(2)22(32-23(34)19(27)11-16-5-7-18(33)8-6-16)25(36)30-20(9-10-39-3)24(35)31-21(26(37)38)12-17-13-28-14-29-17/h5-8,13-15,19-22,33H,4,9-12,27H2,1-3H3,(H,28,29)(H,30,36)(H,31,35)(H,32,34)(H,37,38). The second kappa shape index (κ2) is 15.7. The molecule has 0 fully saturated rings. The third kappa shape index (κ3) is 10.2. The topological polar surface area (TPSA) is 200 Å². The Kier molecular flexibility index (Phi) is 12.8. The summed E-state index contributed by atoms with van der Waals surface area (Å²) in [5, 5.41) is 27.0. The summed E-state index contributed by atoms with van der Waals surface area (Å²) < 4.78 is 0. The number of amides is 3. The first-order valence-electron chi connectivity index (χ1n) is 12.7. The minimum atomic E-state index is -1.23. The van der Waals surface area contributed by atoms with Crippen LogP contribution in [0.1, 0.15) is 37.9 Å². The van der Waals surface area contributed by atoms with Crippen molar-refractivity contribution in [2.75, 3.05) is 12.0 Å². The maximum Gasteiger partial charge on any atom is 0.326 e. The Balaban J connectivity index is 2.11. The highest BCUT2D eigenvalue weighted by atomic mass is 32.2. The van der Waals surface area contributed by atoms with Gasteiger partial charge in [0.1, 0.15) is 23.9 Å². The van der Waals surface area contributed by atoms with E-state index in [1.807, 2.05) is 13.2 Å². The Labute approximate surface area is 231 Å². The zero-order valence-corrected chi connectivity index (χ0v) is 23.2. The van der Waals surface area contributed by atoms with Gasteiger partial charge in [-0.05, 0) is 48.5 Å². The number of carbonyl (C=O) groups is 4. The molecule has 0 aliphatic heterocycles. The number of rotatable bonds is 16. The molecule has 0 spiro atoms. The van der Waals surface area contributed by atoms with E-state index < -0.39 is 47.9 Å². The summed E-state index contributed by atoms with van der Waals surface area (Å²) in [6.07, 6.45) is 5.77. The number of nitrogens with zero attached hydrogens (tertiary/aromatic N) is 1. The number of phenolic OH excluding ortho intramolecular Hbond substituents is 1. The van der Waals surface area contributed by atoms with Gasteiger partial charge in [0.05, 0.1) is 12.4 Å². The van der Waals surface area contributed by atoms with Gasteiger partial charge in [0, 0.05) is 18.3 Å². The number of H-pyrrole nitrogens is 1. The fourth-order valence-electron chi connectivity index (χ4n) is 3.80. The third-order valence-corrected chi connectivity index (χ3v) is 7.00. The van der Waals surface area contributed by atoms with Gasteiger partial charge >= 0.3 is 5.97 Å². The van der Waals surface area contributed by atoms with Crippen molar-refractivity contribution in [3.8, 4) is 5.75 Å². The van der Waals surface area contributed by atoms with Crippen LogP contribution in [0.5, 0.6) is 5.75 Å². The lowest BCUT2D eigenvalue weighted by molar-refractivity contribution is -0.142. The van der Waals surface area contributed by atoms with Gasteiger partial charge in [-0.3, -0.25) is 14.4 Å². The second-order valence-electron chi connectivity index (χ2n) is 9.37. The van der Waals surface area contributed by atoms with Crippen LogP contribution < -0.4 is 21.7 Å². The number of benzene rings is 1. The van der Waals surface area contributed by atoms with E-state index in [1.54, 1.807) is 19.1 Å².